The number of hydrogen-bond acceptors (Lipinski definition) is 5. The summed E-state index contributed by atoms with van der Waals surface area (Å²) < 4.78 is 10.4. The summed E-state index contributed by atoms with van der Waals surface area (Å²) in [5, 5.41) is 6.60. The Morgan fingerprint density at radius 1 is 1.15 bits per heavy atom. The van der Waals surface area contributed by atoms with Gasteiger partial charge in [0.1, 0.15) is 11.4 Å². The van der Waals surface area contributed by atoms with Crippen LogP contribution in [-0.4, -0.2) is 21.0 Å². The van der Waals surface area contributed by atoms with Crippen molar-refractivity contribution in [3.05, 3.63) is 72.5 Å². The number of aromatic nitrogens is 3. The third-order valence-corrected chi connectivity index (χ3v) is 4.00. The molecule has 0 fully saturated rings. The van der Waals surface area contributed by atoms with Gasteiger partial charge in [0.2, 0.25) is 5.76 Å². The number of H-pyrrole nitrogens is 1. The fourth-order valence-electron chi connectivity index (χ4n) is 2.65. The topological polar surface area (TPSA) is 97.0 Å². The molecule has 4 aromatic rings. The molecular weight excluding hydrogens is 332 g/mol. The molecule has 0 aliphatic heterocycles. The number of furan rings is 1. The van der Waals surface area contributed by atoms with E-state index in [2.05, 4.69) is 20.4 Å². The molecule has 0 bridgehead atoms. The standard InChI is InChI=1S/C19H16N4O3/c1-12(18-20-11-15(23-18)13-6-3-2-4-7-13)22-19(24)14-10-21-26-17(14)16-8-5-9-25-16/h2-12H,1H3,(H,20,23)(H,22,24)/t12-/m1/s1. The predicted octanol–water partition coefficient (Wildman–Crippen LogP) is 3.82. The molecule has 0 saturated carbocycles. The lowest BCUT2D eigenvalue weighted by Crippen LogP contribution is -2.27. The number of hydrogen-bond donors (Lipinski definition) is 2. The van der Waals surface area contributed by atoms with Gasteiger partial charge in [0.05, 0.1) is 30.4 Å². The summed E-state index contributed by atoms with van der Waals surface area (Å²) in [6.07, 6.45) is 4.63. The van der Waals surface area contributed by atoms with Gasteiger partial charge in [-0.05, 0) is 24.6 Å². The Bertz CT molecular complexity index is 1000. The van der Waals surface area contributed by atoms with E-state index in [1.807, 2.05) is 37.3 Å². The van der Waals surface area contributed by atoms with E-state index in [0.29, 0.717) is 22.9 Å². The van der Waals surface area contributed by atoms with Crippen molar-refractivity contribution in [2.75, 3.05) is 0 Å². The fraction of sp³-hybridized carbons (Fsp3) is 0.105. The van der Waals surface area contributed by atoms with Gasteiger partial charge >= 0.3 is 0 Å². The maximum Gasteiger partial charge on any atom is 0.257 e. The number of imidazole rings is 1. The lowest BCUT2D eigenvalue weighted by molar-refractivity contribution is 0.0938. The van der Waals surface area contributed by atoms with E-state index < -0.39 is 0 Å². The van der Waals surface area contributed by atoms with Crippen LogP contribution in [-0.2, 0) is 0 Å². The van der Waals surface area contributed by atoms with Crippen LogP contribution in [0.3, 0.4) is 0 Å². The van der Waals surface area contributed by atoms with Crippen molar-refractivity contribution in [1.29, 1.82) is 0 Å². The summed E-state index contributed by atoms with van der Waals surface area (Å²) in [7, 11) is 0. The first-order chi connectivity index (χ1) is 12.7. The summed E-state index contributed by atoms with van der Waals surface area (Å²) in [5.41, 5.74) is 2.23. The zero-order valence-corrected chi connectivity index (χ0v) is 14.0. The minimum atomic E-state index is -0.320. The Balaban J connectivity index is 1.51. The van der Waals surface area contributed by atoms with Gasteiger partial charge in [-0.25, -0.2) is 4.98 Å². The maximum absolute atomic E-state index is 12.6. The molecule has 0 aliphatic rings. The molecular formula is C19H16N4O3. The molecule has 0 saturated heterocycles. The molecule has 130 valence electrons. The second-order valence-electron chi connectivity index (χ2n) is 5.79. The van der Waals surface area contributed by atoms with Crippen molar-refractivity contribution in [3.8, 4) is 22.8 Å². The highest BCUT2D eigenvalue weighted by molar-refractivity contribution is 5.98. The molecule has 7 nitrogen and oxygen atoms in total. The summed E-state index contributed by atoms with van der Waals surface area (Å²) in [6, 6.07) is 13.0. The number of nitrogens with zero attached hydrogens (tertiary/aromatic N) is 2. The molecule has 0 unspecified atom stereocenters. The van der Waals surface area contributed by atoms with Crippen molar-refractivity contribution in [1.82, 2.24) is 20.4 Å². The number of nitrogens with one attached hydrogen (secondary N) is 2. The number of aromatic amines is 1. The lowest BCUT2D eigenvalue weighted by atomic mass is 10.2. The normalized spacial score (nSPS) is 12.0. The average Bonchev–Trinajstić information content (AvgIpc) is 3.42. The molecule has 26 heavy (non-hydrogen) atoms. The van der Waals surface area contributed by atoms with Crippen molar-refractivity contribution >= 4 is 5.91 Å². The van der Waals surface area contributed by atoms with E-state index >= 15 is 0 Å². The number of benzene rings is 1. The van der Waals surface area contributed by atoms with E-state index in [-0.39, 0.29) is 11.9 Å². The van der Waals surface area contributed by atoms with Gasteiger partial charge in [-0.1, -0.05) is 35.5 Å². The largest absolute Gasteiger partial charge is 0.461 e. The van der Waals surface area contributed by atoms with E-state index in [0.717, 1.165) is 11.3 Å². The third-order valence-electron chi connectivity index (χ3n) is 4.00. The molecule has 1 amide bonds. The number of amides is 1. The van der Waals surface area contributed by atoms with Crippen molar-refractivity contribution < 1.29 is 13.7 Å². The van der Waals surface area contributed by atoms with Crippen LogP contribution in [0, 0.1) is 0 Å². The van der Waals surface area contributed by atoms with Crippen LogP contribution in [0.4, 0.5) is 0 Å². The molecule has 3 aromatic heterocycles. The van der Waals surface area contributed by atoms with E-state index in [1.165, 1.54) is 12.5 Å². The van der Waals surface area contributed by atoms with Crippen LogP contribution in [0.25, 0.3) is 22.8 Å². The van der Waals surface area contributed by atoms with Gasteiger partial charge in [0.15, 0.2) is 5.76 Å². The van der Waals surface area contributed by atoms with Gasteiger partial charge in [-0.3, -0.25) is 4.79 Å². The van der Waals surface area contributed by atoms with Gasteiger partial charge < -0.3 is 19.2 Å². The molecule has 0 radical (unpaired) electrons. The van der Waals surface area contributed by atoms with Crippen molar-refractivity contribution in [3.63, 3.8) is 0 Å². The Morgan fingerprint density at radius 2 is 2.00 bits per heavy atom. The summed E-state index contributed by atoms with van der Waals surface area (Å²) in [4.78, 5) is 20.2. The van der Waals surface area contributed by atoms with E-state index in [9.17, 15) is 4.79 Å². The molecule has 0 spiro atoms. The van der Waals surface area contributed by atoms with Gasteiger partial charge in [0, 0.05) is 0 Å². The Morgan fingerprint density at radius 3 is 2.77 bits per heavy atom. The van der Waals surface area contributed by atoms with Crippen LogP contribution in [0.5, 0.6) is 0 Å². The third kappa shape index (κ3) is 3.02. The minimum absolute atomic E-state index is 0.295. The second-order valence-corrected chi connectivity index (χ2v) is 5.79. The van der Waals surface area contributed by atoms with Crippen LogP contribution in [0.2, 0.25) is 0 Å². The molecule has 3 heterocycles. The molecule has 7 heteroatoms. The van der Waals surface area contributed by atoms with Gasteiger partial charge in [-0.2, -0.15) is 0 Å². The Hall–Kier alpha value is -3.61. The number of rotatable bonds is 5. The minimum Gasteiger partial charge on any atom is -0.461 e. The molecule has 4 rings (SSSR count). The zero-order chi connectivity index (χ0) is 17.9. The van der Waals surface area contributed by atoms with Crippen molar-refractivity contribution in [2.45, 2.75) is 13.0 Å². The SMILES string of the molecule is C[C@@H](NC(=O)c1cnoc1-c1ccco1)c1ncc(-c2ccccc2)[nH]1. The molecule has 1 atom stereocenters. The second kappa shape index (κ2) is 6.72. The average molecular weight is 348 g/mol. The molecule has 1 aromatic carbocycles. The number of carbonyl (C=O) groups is 1. The summed E-state index contributed by atoms with van der Waals surface area (Å²) >= 11 is 0. The predicted molar refractivity (Wildman–Crippen MR) is 94.1 cm³/mol. The highest BCUT2D eigenvalue weighted by atomic mass is 16.5. The summed E-state index contributed by atoms with van der Waals surface area (Å²) in [6.45, 7) is 1.85. The first kappa shape index (κ1) is 15.9. The Kier molecular flexibility index (Phi) is 4.10. The van der Waals surface area contributed by atoms with Crippen LogP contribution >= 0.6 is 0 Å². The lowest BCUT2D eigenvalue weighted by Gasteiger charge is -2.11. The Labute approximate surface area is 149 Å². The highest BCUT2D eigenvalue weighted by Crippen LogP contribution is 2.25. The van der Waals surface area contributed by atoms with Crippen molar-refractivity contribution in [2.24, 2.45) is 0 Å². The van der Waals surface area contributed by atoms with Crippen LogP contribution in [0.15, 0.2) is 70.1 Å². The highest BCUT2D eigenvalue weighted by Gasteiger charge is 2.22. The first-order valence-electron chi connectivity index (χ1n) is 8.12. The first-order valence-corrected chi connectivity index (χ1v) is 8.12. The smallest absolute Gasteiger partial charge is 0.257 e. The fourth-order valence-corrected chi connectivity index (χ4v) is 2.65. The molecule has 0 aliphatic carbocycles. The summed E-state index contributed by atoms with van der Waals surface area (Å²) in [5.74, 6) is 1.09. The quantitative estimate of drug-likeness (QED) is 0.571. The van der Waals surface area contributed by atoms with E-state index in [4.69, 9.17) is 8.94 Å². The van der Waals surface area contributed by atoms with E-state index in [1.54, 1.807) is 18.3 Å². The zero-order valence-electron chi connectivity index (χ0n) is 14.0. The monoisotopic (exact) mass is 348 g/mol. The molecule has 2 N–H and O–H groups in total. The van der Waals surface area contributed by atoms with Crippen LogP contribution in [0.1, 0.15) is 29.1 Å². The van der Waals surface area contributed by atoms with Crippen LogP contribution < -0.4 is 5.32 Å². The van der Waals surface area contributed by atoms with Gasteiger partial charge in [0.25, 0.3) is 5.91 Å². The number of carbonyl (C=O) groups excluding carboxylic acids is 1. The van der Waals surface area contributed by atoms with Gasteiger partial charge in [-0.15, -0.1) is 0 Å². The maximum atomic E-state index is 12.6.